The number of H-pyrrole nitrogens is 1. The first-order valence-electron chi connectivity index (χ1n) is 21.9. The summed E-state index contributed by atoms with van der Waals surface area (Å²) in [6.45, 7) is 6.13. The van der Waals surface area contributed by atoms with Crippen LogP contribution in [-0.2, 0) is 9.59 Å². The van der Waals surface area contributed by atoms with Gasteiger partial charge in [0.15, 0.2) is 17.1 Å². The third-order valence-corrected chi connectivity index (χ3v) is 14.0. The van der Waals surface area contributed by atoms with Crippen LogP contribution >= 0.6 is 0 Å². The number of hydrogen-bond donors (Lipinski definition) is 4. The summed E-state index contributed by atoms with van der Waals surface area (Å²) in [5, 5.41) is 10.7. The number of likely N-dealkylation sites (N-methyl/N-ethyl adjacent to an activating group) is 1. The Morgan fingerprint density at radius 2 is 1.79 bits per heavy atom. The minimum Gasteiger partial charge on any atom is -0.382 e. The molecule has 2 aromatic carbocycles. The van der Waals surface area contributed by atoms with Crippen molar-refractivity contribution in [1.82, 2.24) is 40.1 Å². The molecule has 61 heavy (non-hydrogen) atoms. The molecule has 3 aromatic heterocycles. The summed E-state index contributed by atoms with van der Waals surface area (Å²) in [5.74, 6) is 0.822. The fourth-order valence-corrected chi connectivity index (χ4v) is 10.8. The van der Waals surface area contributed by atoms with Gasteiger partial charge in [0.2, 0.25) is 11.8 Å². The van der Waals surface area contributed by atoms with Gasteiger partial charge >= 0.3 is 6.03 Å². The van der Waals surface area contributed by atoms with E-state index >= 15 is 0 Å². The number of amides is 5. The van der Waals surface area contributed by atoms with Crippen molar-refractivity contribution in [3.63, 3.8) is 0 Å². The third kappa shape index (κ3) is 7.55. The van der Waals surface area contributed by atoms with Crippen LogP contribution in [0.3, 0.4) is 0 Å². The number of aromatic amines is 1. The largest absolute Gasteiger partial charge is 0.382 e. The number of primary amides is 1. The molecule has 2 unspecified atom stereocenters. The number of fused-ring (bicyclic) bond motifs is 3. The van der Waals surface area contributed by atoms with Crippen LogP contribution in [0.4, 0.5) is 22.1 Å². The number of likely N-dealkylation sites (tertiary alicyclic amines) is 1. The highest BCUT2D eigenvalue weighted by molar-refractivity contribution is 6.10. The first kappa shape index (κ1) is 39.1. The molecule has 1 saturated carbocycles. The van der Waals surface area contributed by atoms with Gasteiger partial charge in [-0.15, -0.1) is 0 Å². The summed E-state index contributed by atoms with van der Waals surface area (Å²) < 4.78 is 5.98. The van der Waals surface area contributed by atoms with E-state index in [4.69, 9.17) is 20.2 Å². The van der Waals surface area contributed by atoms with Gasteiger partial charge in [0.1, 0.15) is 5.82 Å². The fourth-order valence-electron chi connectivity index (χ4n) is 10.8. The number of nitrogens with two attached hydrogens (primary N) is 1. The average Bonchev–Trinajstić information content (AvgIpc) is 4.09. The minimum atomic E-state index is -0.645. The predicted octanol–water partition coefficient (Wildman–Crippen LogP) is 5.56. The molecule has 5 amide bonds. The molecule has 7 heterocycles. The highest BCUT2D eigenvalue weighted by Gasteiger charge is 2.36. The van der Waals surface area contributed by atoms with E-state index in [0.29, 0.717) is 54.5 Å². The molecule has 16 heteroatoms. The number of benzene rings is 2. The van der Waals surface area contributed by atoms with Gasteiger partial charge < -0.3 is 35.2 Å². The van der Waals surface area contributed by atoms with Crippen LogP contribution in [0, 0.1) is 5.92 Å². The lowest BCUT2D eigenvalue weighted by Crippen LogP contribution is -2.49. The Hall–Kier alpha value is -6.03. The molecule has 5 fully saturated rings. The zero-order valence-electron chi connectivity index (χ0n) is 34.6. The molecule has 5 aromatic rings. The number of aromatic nitrogens is 4. The maximum atomic E-state index is 12.7. The SMILES string of the molecule is CN1CCN([C@@H]2CCCN(c3cnc(C(N)=O)c(Nc4ccc(C5CCN(C[C@@H]6CCC(c7cc8o[nH]c(C9CCC(=O)NC9=O)c8c8ccnc78)C6)CC5)cc4)n3)C2)C1=O. The van der Waals surface area contributed by atoms with Crippen LogP contribution in [0.5, 0.6) is 0 Å². The molecule has 0 spiro atoms. The number of imide groups is 1. The van der Waals surface area contributed by atoms with Crippen molar-refractivity contribution in [2.24, 2.45) is 11.7 Å². The average molecular weight is 828 g/mol. The van der Waals surface area contributed by atoms with Gasteiger partial charge in [-0.3, -0.25) is 24.7 Å². The number of piperidine rings is 3. The Kier molecular flexibility index (Phi) is 10.3. The second-order valence-corrected chi connectivity index (χ2v) is 17.8. The molecule has 5 N–H and O–H groups in total. The van der Waals surface area contributed by atoms with Gasteiger partial charge in [0.25, 0.3) is 5.91 Å². The number of urea groups is 1. The fraction of sp³-hybridized carbons (Fsp3) is 0.489. The van der Waals surface area contributed by atoms with Crippen molar-refractivity contribution in [2.45, 2.75) is 81.6 Å². The Labute approximate surface area is 353 Å². The summed E-state index contributed by atoms with van der Waals surface area (Å²) in [5.41, 5.74) is 11.6. The van der Waals surface area contributed by atoms with Crippen molar-refractivity contribution >= 4 is 62.9 Å². The van der Waals surface area contributed by atoms with Crippen molar-refractivity contribution in [3.8, 4) is 0 Å². The summed E-state index contributed by atoms with van der Waals surface area (Å²) in [6.07, 6.45) is 11.7. The molecule has 4 aliphatic heterocycles. The van der Waals surface area contributed by atoms with Crippen molar-refractivity contribution in [3.05, 3.63) is 71.3 Å². The van der Waals surface area contributed by atoms with Crippen molar-refractivity contribution in [2.75, 3.05) is 63.1 Å². The highest BCUT2D eigenvalue weighted by Crippen LogP contribution is 2.45. The molecule has 10 rings (SSSR count). The summed E-state index contributed by atoms with van der Waals surface area (Å²) in [4.78, 5) is 72.2. The van der Waals surface area contributed by atoms with Crippen LogP contribution in [0.25, 0.3) is 21.9 Å². The van der Waals surface area contributed by atoms with E-state index < -0.39 is 11.8 Å². The Bertz CT molecular complexity index is 2490. The van der Waals surface area contributed by atoms with Crippen LogP contribution in [-0.4, -0.2) is 117 Å². The van der Waals surface area contributed by atoms with E-state index in [9.17, 15) is 19.2 Å². The molecular weight excluding hydrogens is 775 g/mol. The van der Waals surface area contributed by atoms with Crippen LogP contribution in [0.15, 0.2) is 53.3 Å². The zero-order valence-corrected chi connectivity index (χ0v) is 34.6. The number of nitrogens with one attached hydrogen (secondary N) is 3. The quantitative estimate of drug-likeness (QED) is 0.129. The minimum absolute atomic E-state index is 0.0704. The Morgan fingerprint density at radius 3 is 2.56 bits per heavy atom. The maximum Gasteiger partial charge on any atom is 0.320 e. The molecule has 4 atom stereocenters. The molecule has 0 radical (unpaired) electrons. The van der Waals surface area contributed by atoms with E-state index in [0.717, 1.165) is 105 Å². The maximum absolute atomic E-state index is 12.7. The topological polar surface area (TPSA) is 199 Å². The lowest BCUT2D eigenvalue weighted by atomic mass is 9.88. The zero-order chi connectivity index (χ0) is 41.8. The lowest BCUT2D eigenvalue weighted by molar-refractivity contribution is -0.134. The number of hydrogen-bond acceptors (Lipinski definition) is 11. The number of rotatable bonds is 10. The third-order valence-electron chi connectivity index (χ3n) is 14.0. The van der Waals surface area contributed by atoms with Gasteiger partial charge in [0, 0.05) is 63.5 Å². The van der Waals surface area contributed by atoms with Crippen molar-refractivity contribution in [1.29, 1.82) is 0 Å². The van der Waals surface area contributed by atoms with Crippen LogP contribution in [0.2, 0.25) is 0 Å². The van der Waals surface area contributed by atoms with Gasteiger partial charge in [0.05, 0.1) is 34.8 Å². The van der Waals surface area contributed by atoms with Gasteiger partial charge in [-0.1, -0.05) is 12.1 Å². The second-order valence-electron chi connectivity index (χ2n) is 17.8. The molecule has 0 bridgehead atoms. The molecule has 1 aliphatic carbocycles. The smallest absolute Gasteiger partial charge is 0.320 e. The standard InChI is InChI=1S/C45H53N11O5/c1-53-19-20-56(45(53)60)31-3-2-16-55(25-31)36-23-48-41(42(46)58)43(50-36)49-30-8-6-27(7-9-30)28-13-17-54(18-14-28)24-26-4-5-29(21-26)34-22-35-38(32-12-15-47-39(32)34)40(52-61-35)33-10-11-37(57)51-44(33)59/h6-9,12,15,22-23,26,28-29,31,33,52H,2-5,10-11,13-14,16-21,24-25H2,1H3,(H2,46,58)(H,49,50)(H,51,57,59)/t26-,29?,31-,33?/m1/s1. The number of anilines is 3. The summed E-state index contributed by atoms with van der Waals surface area (Å²) in [7, 11) is 1.84. The normalized spacial score (nSPS) is 24.3. The first-order chi connectivity index (χ1) is 29.7. The molecule has 16 nitrogen and oxygen atoms in total. The molecule has 318 valence electrons. The lowest BCUT2D eigenvalue weighted by Gasteiger charge is -2.37. The van der Waals surface area contributed by atoms with Crippen molar-refractivity contribution < 1.29 is 23.7 Å². The van der Waals surface area contributed by atoms with E-state index in [1.807, 2.05) is 36.3 Å². The Morgan fingerprint density at radius 1 is 0.951 bits per heavy atom. The monoisotopic (exact) mass is 827 g/mol. The number of carbonyl (C=O) groups excluding carboxylic acids is 4. The van der Waals surface area contributed by atoms with Gasteiger partial charge in [-0.05, 0) is 118 Å². The Balaban J connectivity index is 0.746. The predicted molar refractivity (Wildman–Crippen MR) is 230 cm³/mol. The van der Waals surface area contributed by atoms with Crippen LogP contribution in [0.1, 0.15) is 103 Å². The first-order valence-corrected chi connectivity index (χ1v) is 21.9. The summed E-state index contributed by atoms with van der Waals surface area (Å²) in [6, 6.07) is 12.7. The highest BCUT2D eigenvalue weighted by atomic mass is 16.5. The van der Waals surface area contributed by atoms with E-state index in [2.05, 4.69) is 48.8 Å². The summed E-state index contributed by atoms with van der Waals surface area (Å²) >= 11 is 0. The molecule has 5 aliphatic rings. The second kappa shape index (κ2) is 16.1. The molecular formula is C45H53N11O5. The van der Waals surface area contributed by atoms with Crippen LogP contribution < -0.4 is 21.3 Å². The number of carbonyl (C=O) groups is 4. The van der Waals surface area contributed by atoms with Gasteiger partial charge in [-0.25, -0.2) is 19.9 Å². The number of nitrogens with zero attached hydrogens (tertiary/aromatic N) is 7. The van der Waals surface area contributed by atoms with E-state index in [1.165, 1.54) is 17.5 Å². The van der Waals surface area contributed by atoms with Gasteiger partial charge in [-0.2, -0.15) is 0 Å². The molecule has 4 saturated heterocycles. The van der Waals surface area contributed by atoms with E-state index in [1.54, 1.807) is 11.1 Å². The van der Waals surface area contributed by atoms with E-state index in [-0.39, 0.29) is 29.6 Å².